The highest BCUT2D eigenvalue weighted by Crippen LogP contribution is 2.25. The van der Waals surface area contributed by atoms with Gasteiger partial charge in [-0.05, 0) is 31.0 Å². The minimum Gasteiger partial charge on any atom is -0.392 e. The van der Waals surface area contributed by atoms with Gasteiger partial charge in [0.25, 0.3) is 0 Å². The Kier molecular flexibility index (Phi) is 5.56. The molecule has 0 spiro atoms. The number of aliphatic hydroxyl groups excluding tert-OH is 1. The molecule has 2 unspecified atom stereocenters. The lowest BCUT2D eigenvalue weighted by Gasteiger charge is -2.17. The van der Waals surface area contributed by atoms with E-state index < -0.39 is 0 Å². The van der Waals surface area contributed by atoms with Gasteiger partial charge in [0.2, 0.25) is 0 Å². The molecule has 0 aliphatic rings. The van der Waals surface area contributed by atoms with Gasteiger partial charge in [-0.2, -0.15) is 0 Å². The van der Waals surface area contributed by atoms with Crippen LogP contribution in [0, 0.1) is 0 Å². The van der Waals surface area contributed by atoms with Gasteiger partial charge in [0.1, 0.15) is 0 Å². The SMILES string of the molecule is CCC(O)CNC(C)c1ccc(Cl)c(Cl)c1. The van der Waals surface area contributed by atoms with E-state index in [-0.39, 0.29) is 12.1 Å². The van der Waals surface area contributed by atoms with Crippen molar-refractivity contribution < 1.29 is 5.11 Å². The van der Waals surface area contributed by atoms with E-state index in [1.54, 1.807) is 6.07 Å². The molecule has 0 aromatic heterocycles. The van der Waals surface area contributed by atoms with E-state index in [9.17, 15) is 5.11 Å². The van der Waals surface area contributed by atoms with Crippen LogP contribution in [0.3, 0.4) is 0 Å². The lowest BCUT2D eigenvalue weighted by atomic mass is 10.1. The highest BCUT2D eigenvalue weighted by Gasteiger charge is 2.08. The molecule has 2 atom stereocenters. The number of aliphatic hydroxyl groups is 1. The summed E-state index contributed by atoms with van der Waals surface area (Å²) in [4.78, 5) is 0. The maximum Gasteiger partial charge on any atom is 0.0662 e. The van der Waals surface area contributed by atoms with Crippen molar-refractivity contribution in [2.24, 2.45) is 0 Å². The number of hydrogen-bond donors (Lipinski definition) is 2. The molecule has 2 N–H and O–H groups in total. The molecule has 0 saturated heterocycles. The van der Waals surface area contributed by atoms with Gasteiger partial charge in [0.05, 0.1) is 16.1 Å². The molecule has 1 aromatic rings. The van der Waals surface area contributed by atoms with Gasteiger partial charge in [0.15, 0.2) is 0 Å². The van der Waals surface area contributed by atoms with Crippen LogP contribution in [0.25, 0.3) is 0 Å². The number of nitrogens with one attached hydrogen (secondary N) is 1. The van der Waals surface area contributed by atoms with Crippen molar-refractivity contribution in [3.63, 3.8) is 0 Å². The van der Waals surface area contributed by atoms with Gasteiger partial charge >= 0.3 is 0 Å². The van der Waals surface area contributed by atoms with Crippen LogP contribution < -0.4 is 5.32 Å². The summed E-state index contributed by atoms with van der Waals surface area (Å²) >= 11 is 11.8. The van der Waals surface area contributed by atoms with E-state index in [4.69, 9.17) is 23.2 Å². The fourth-order valence-electron chi connectivity index (χ4n) is 1.36. The Morgan fingerprint density at radius 3 is 2.56 bits per heavy atom. The second-order valence-corrected chi connectivity index (χ2v) is 4.68. The Bertz CT molecular complexity index is 344. The molecule has 0 aliphatic carbocycles. The second kappa shape index (κ2) is 6.45. The van der Waals surface area contributed by atoms with Crippen molar-refractivity contribution in [1.82, 2.24) is 5.32 Å². The van der Waals surface area contributed by atoms with Crippen LogP contribution in [0.15, 0.2) is 18.2 Å². The lowest BCUT2D eigenvalue weighted by molar-refractivity contribution is 0.164. The van der Waals surface area contributed by atoms with Crippen LogP contribution in [0.1, 0.15) is 31.9 Å². The Hall–Kier alpha value is -0.280. The van der Waals surface area contributed by atoms with Gasteiger partial charge in [-0.25, -0.2) is 0 Å². The zero-order chi connectivity index (χ0) is 12.1. The normalized spacial score (nSPS) is 14.8. The average molecular weight is 262 g/mol. The van der Waals surface area contributed by atoms with Crippen LogP contribution in [-0.2, 0) is 0 Å². The van der Waals surface area contributed by atoms with Crippen molar-refractivity contribution in [3.8, 4) is 0 Å². The number of halogens is 2. The van der Waals surface area contributed by atoms with Crippen molar-refractivity contribution in [2.45, 2.75) is 32.4 Å². The molecule has 90 valence electrons. The van der Waals surface area contributed by atoms with Crippen LogP contribution in [0.2, 0.25) is 10.0 Å². The fraction of sp³-hybridized carbons (Fsp3) is 0.500. The number of hydrogen-bond acceptors (Lipinski definition) is 2. The first-order valence-electron chi connectivity index (χ1n) is 5.41. The predicted octanol–water partition coefficient (Wildman–Crippen LogP) is 3.41. The Morgan fingerprint density at radius 1 is 1.31 bits per heavy atom. The van der Waals surface area contributed by atoms with E-state index in [1.807, 2.05) is 26.0 Å². The highest BCUT2D eigenvalue weighted by atomic mass is 35.5. The zero-order valence-electron chi connectivity index (χ0n) is 9.50. The predicted molar refractivity (Wildman–Crippen MR) is 69.2 cm³/mol. The van der Waals surface area contributed by atoms with E-state index >= 15 is 0 Å². The van der Waals surface area contributed by atoms with Crippen LogP contribution in [0.5, 0.6) is 0 Å². The van der Waals surface area contributed by atoms with Gasteiger partial charge in [-0.15, -0.1) is 0 Å². The summed E-state index contributed by atoms with van der Waals surface area (Å²) < 4.78 is 0. The minimum atomic E-state index is -0.301. The van der Waals surface area contributed by atoms with Crippen molar-refractivity contribution in [3.05, 3.63) is 33.8 Å². The Morgan fingerprint density at radius 2 is 2.00 bits per heavy atom. The molecule has 0 fully saturated rings. The molecule has 0 radical (unpaired) electrons. The first kappa shape index (κ1) is 13.8. The van der Waals surface area contributed by atoms with E-state index in [1.165, 1.54) is 0 Å². The summed E-state index contributed by atoms with van der Waals surface area (Å²) in [7, 11) is 0. The quantitative estimate of drug-likeness (QED) is 0.852. The van der Waals surface area contributed by atoms with Crippen LogP contribution in [0.4, 0.5) is 0 Å². The molecule has 2 nitrogen and oxygen atoms in total. The first-order valence-corrected chi connectivity index (χ1v) is 6.16. The molecule has 0 bridgehead atoms. The van der Waals surface area contributed by atoms with Crippen LogP contribution >= 0.6 is 23.2 Å². The molecule has 1 aromatic carbocycles. The molecule has 0 saturated carbocycles. The second-order valence-electron chi connectivity index (χ2n) is 3.87. The van der Waals surface area contributed by atoms with E-state index in [2.05, 4.69) is 5.32 Å². The first-order chi connectivity index (χ1) is 7.54. The largest absolute Gasteiger partial charge is 0.392 e. The topological polar surface area (TPSA) is 32.3 Å². The zero-order valence-corrected chi connectivity index (χ0v) is 11.0. The third-order valence-electron chi connectivity index (χ3n) is 2.57. The molecule has 0 aliphatic heterocycles. The minimum absolute atomic E-state index is 0.149. The number of benzene rings is 1. The maximum absolute atomic E-state index is 9.44. The van der Waals surface area contributed by atoms with Crippen molar-refractivity contribution in [1.29, 1.82) is 0 Å². The molecule has 1 rings (SSSR count). The van der Waals surface area contributed by atoms with Gasteiger partial charge in [-0.3, -0.25) is 0 Å². The van der Waals surface area contributed by atoms with Crippen molar-refractivity contribution in [2.75, 3.05) is 6.54 Å². The fourth-order valence-corrected chi connectivity index (χ4v) is 1.66. The molecule has 0 amide bonds. The summed E-state index contributed by atoms with van der Waals surface area (Å²) in [6, 6.07) is 5.72. The summed E-state index contributed by atoms with van der Waals surface area (Å²) in [6.07, 6.45) is 0.450. The Labute approximate surface area is 107 Å². The van der Waals surface area contributed by atoms with Gasteiger partial charge in [0, 0.05) is 12.6 Å². The van der Waals surface area contributed by atoms with E-state index in [0.717, 1.165) is 12.0 Å². The standard InChI is InChI=1S/C12H17Cl2NO/c1-3-10(16)7-15-8(2)9-4-5-11(13)12(14)6-9/h4-6,8,10,15-16H,3,7H2,1-2H3. The third-order valence-corrected chi connectivity index (χ3v) is 3.31. The maximum atomic E-state index is 9.44. The molecule has 16 heavy (non-hydrogen) atoms. The van der Waals surface area contributed by atoms with Crippen molar-refractivity contribution >= 4 is 23.2 Å². The van der Waals surface area contributed by atoms with Gasteiger partial charge < -0.3 is 10.4 Å². The molecular formula is C12H17Cl2NO. The molecular weight excluding hydrogens is 245 g/mol. The Balaban J connectivity index is 2.59. The molecule has 4 heteroatoms. The van der Waals surface area contributed by atoms with Crippen LogP contribution in [-0.4, -0.2) is 17.8 Å². The number of rotatable bonds is 5. The summed E-state index contributed by atoms with van der Waals surface area (Å²) in [5.41, 5.74) is 1.07. The molecule has 0 heterocycles. The highest BCUT2D eigenvalue weighted by molar-refractivity contribution is 6.42. The third kappa shape index (κ3) is 3.95. The van der Waals surface area contributed by atoms with Gasteiger partial charge in [-0.1, -0.05) is 36.2 Å². The smallest absolute Gasteiger partial charge is 0.0662 e. The lowest BCUT2D eigenvalue weighted by Crippen LogP contribution is -2.28. The van der Waals surface area contributed by atoms with E-state index in [0.29, 0.717) is 16.6 Å². The summed E-state index contributed by atoms with van der Waals surface area (Å²) in [5, 5.41) is 13.8. The monoisotopic (exact) mass is 261 g/mol. The average Bonchev–Trinajstić information content (AvgIpc) is 2.29. The summed E-state index contributed by atoms with van der Waals surface area (Å²) in [5.74, 6) is 0. The summed E-state index contributed by atoms with van der Waals surface area (Å²) in [6.45, 7) is 4.57.